The van der Waals surface area contributed by atoms with Crippen molar-refractivity contribution in [3.05, 3.63) is 77.9 Å². The van der Waals surface area contributed by atoms with Crippen LogP contribution in [0.3, 0.4) is 0 Å². The predicted molar refractivity (Wildman–Crippen MR) is 122 cm³/mol. The molecule has 0 aliphatic carbocycles. The molecule has 0 bridgehead atoms. The maximum absolute atomic E-state index is 13.3. The van der Waals surface area contributed by atoms with Crippen LogP contribution in [0.5, 0.6) is 5.75 Å². The van der Waals surface area contributed by atoms with Gasteiger partial charge in [0, 0.05) is 11.5 Å². The number of benzene rings is 3. The van der Waals surface area contributed by atoms with Crippen LogP contribution >= 0.6 is 0 Å². The second-order valence-electron chi connectivity index (χ2n) is 7.87. The van der Waals surface area contributed by atoms with Crippen LogP contribution in [0.4, 0.5) is 0 Å². The summed E-state index contributed by atoms with van der Waals surface area (Å²) in [4.78, 5) is 15.3. The van der Waals surface area contributed by atoms with Crippen LogP contribution in [0.15, 0.2) is 66.7 Å². The highest BCUT2D eigenvalue weighted by Crippen LogP contribution is 2.49. The molecule has 5 heteroatoms. The van der Waals surface area contributed by atoms with Crippen LogP contribution in [0.2, 0.25) is 0 Å². The van der Waals surface area contributed by atoms with Crippen molar-refractivity contribution >= 4 is 16.7 Å². The van der Waals surface area contributed by atoms with Crippen LogP contribution in [0, 0.1) is 16.7 Å². The molecule has 0 saturated carbocycles. The highest BCUT2D eigenvalue weighted by atomic mass is 16.5. The van der Waals surface area contributed by atoms with Crippen LogP contribution in [-0.4, -0.2) is 45.7 Å². The van der Waals surface area contributed by atoms with E-state index in [2.05, 4.69) is 6.07 Å². The third-order valence-corrected chi connectivity index (χ3v) is 5.78. The lowest BCUT2D eigenvalue weighted by Crippen LogP contribution is -2.40. The van der Waals surface area contributed by atoms with E-state index in [1.54, 1.807) is 7.11 Å². The molecule has 0 aliphatic rings. The number of ether oxygens (including phenoxy) is 2. The van der Waals surface area contributed by atoms with Gasteiger partial charge in [0.25, 0.3) is 0 Å². The van der Waals surface area contributed by atoms with Gasteiger partial charge >= 0.3 is 5.97 Å². The lowest BCUT2D eigenvalue weighted by molar-refractivity contribution is -0.150. The summed E-state index contributed by atoms with van der Waals surface area (Å²) in [6.45, 7) is 0.555. The summed E-state index contributed by atoms with van der Waals surface area (Å²) in [7, 11) is 6.79. The zero-order valence-electron chi connectivity index (χ0n) is 18.5. The summed E-state index contributed by atoms with van der Waals surface area (Å²) in [5, 5.41) is 12.5. The van der Waals surface area contributed by atoms with Crippen LogP contribution < -0.4 is 4.74 Å². The van der Waals surface area contributed by atoms with E-state index in [-0.39, 0.29) is 0 Å². The molecule has 0 spiro atoms. The predicted octanol–water partition coefficient (Wildman–Crippen LogP) is 4.61. The van der Waals surface area contributed by atoms with E-state index in [0.29, 0.717) is 18.7 Å². The smallest absolute Gasteiger partial charge is 0.327 e. The number of para-hydroxylation sites is 1. The molecule has 0 aliphatic heterocycles. The van der Waals surface area contributed by atoms with Gasteiger partial charge in [-0.2, -0.15) is 5.26 Å². The van der Waals surface area contributed by atoms with Crippen molar-refractivity contribution in [3.8, 4) is 11.8 Å². The van der Waals surface area contributed by atoms with Gasteiger partial charge in [-0.05, 0) is 49.5 Å². The van der Waals surface area contributed by atoms with Crippen molar-refractivity contribution in [3.63, 3.8) is 0 Å². The Morgan fingerprint density at radius 2 is 1.65 bits per heavy atom. The second kappa shape index (κ2) is 9.63. The molecule has 0 unspecified atom stereocenters. The molecule has 0 saturated heterocycles. The number of carbonyl (C=O) groups excluding carboxylic acids is 1. The third kappa shape index (κ3) is 4.26. The molecule has 0 heterocycles. The van der Waals surface area contributed by atoms with Crippen molar-refractivity contribution in [2.24, 2.45) is 5.41 Å². The van der Waals surface area contributed by atoms with Crippen LogP contribution in [0.1, 0.15) is 23.5 Å². The lowest BCUT2D eigenvalue weighted by atomic mass is 9.66. The summed E-state index contributed by atoms with van der Waals surface area (Å²) in [5.74, 6) is -0.485. The number of carbonyl (C=O) groups is 1. The molecule has 2 atom stereocenters. The monoisotopic (exact) mass is 416 g/mol. The number of esters is 1. The first-order chi connectivity index (χ1) is 15.0. The van der Waals surface area contributed by atoms with Crippen molar-refractivity contribution in [1.82, 2.24) is 4.90 Å². The summed E-state index contributed by atoms with van der Waals surface area (Å²) in [5.41, 5.74) is 0.248. The largest absolute Gasteiger partial charge is 0.496 e. The Bertz CT molecular complexity index is 1100. The molecular weight excluding hydrogens is 388 g/mol. The Morgan fingerprint density at radius 1 is 1.00 bits per heavy atom. The molecule has 0 fully saturated rings. The number of nitrogens with zero attached hydrogens (tertiary/aromatic N) is 2. The highest BCUT2D eigenvalue weighted by Gasteiger charge is 2.50. The summed E-state index contributed by atoms with van der Waals surface area (Å²) < 4.78 is 10.9. The second-order valence-corrected chi connectivity index (χ2v) is 7.87. The maximum Gasteiger partial charge on any atom is 0.327 e. The molecule has 160 valence electrons. The van der Waals surface area contributed by atoms with Gasteiger partial charge < -0.3 is 14.4 Å². The van der Waals surface area contributed by atoms with E-state index < -0.39 is 17.3 Å². The first kappa shape index (κ1) is 22.3. The van der Waals surface area contributed by atoms with Crippen molar-refractivity contribution in [2.45, 2.75) is 12.3 Å². The summed E-state index contributed by atoms with van der Waals surface area (Å²) >= 11 is 0. The lowest BCUT2D eigenvalue weighted by Gasteiger charge is -2.35. The SMILES string of the molecule is COC(=O)[C@@](C#N)(CCN(C)C)[C@H](c1ccccc1OC)c1cccc2ccccc12. The van der Waals surface area contributed by atoms with Crippen molar-refractivity contribution in [2.75, 3.05) is 34.9 Å². The first-order valence-electron chi connectivity index (χ1n) is 10.2. The van der Waals surface area contributed by atoms with Gasteiger partial charge in [-0.15, -0.1) is 0 Å². The average Bonchev–Trinajstić information content (AvgIpc) is 2.81. The number of fused-ring (bicyclic) bond motifs is 1. The molecule has 31 heavy (non-hydrogen) atoms. The topological polar surface area (TPSA) is 62.6 Å². The fourth-order valence-corrected chi connectivity index (χ4v) is 4.22. The van der Waals surface area contributed by atoms with Crippen molar-refractivity contribution in [1.29, 1.82) is 5.26 Å². The van der Waals surface area contributed by atoms with Gasteiger partial charge in [-0.25, -0.2) is 0 Å². The summed E-state index contributed by atoms with van der Waals surface area (Å²) in [6, 6.07) is 23.9. The Kier molecular flexibility index (Phi) is 6.94. The molecule has 0 N–H and O–H groups in total. The number of hydrogen-bond acceptors (Lipinski definition) is 5. The van der Waals surface area contributed by atoms with Gasteiger partial charge in [0.2, 0.25) is 0 Å². The van der Waals surface area contributed by atoms with E-state index in [4.69, 9.17) is 9.47 Å². The third-order valence-electron chi connectivity index (χ3n) is 5.78. The minimum Gasteiger partial charge on any atom is -0.496 e. The van der Waals surface area contributed by atoms with Gasteiger partial charge in [0.15, 0.2) is 5.41 Å². The minimum absolute atomic E-state index is 0.315. The normalized spacial score (nSPS) is 13.9. The van der Waals surface area contributed by atoms with E-state index in [9.17, 15) is 10.1 Å². The van der Waals surface area contributed by atoms with E-state index in [0.717, 1.165) is 21.9 Å². The van der Waals surface area contributed by atoms with Gasteiger partial charge in [0.1, 0.15) is 5.75 Å². The Hall–Kier alpha value is -3.36. The first-order valence-corrected chi connectivity index (χ1v) is 10.2. The molecule has 0 radical (unpaired) electrons. The zero-order valence-corrected chi connectivity index (χ0v) is 18.5. The molecule has 3 rings (SSSR count). The molecular formula is C26H28N2O3. The van der Waals surface area contributed by atoms with Crippen molar-refractivity contribution < 1.29 is 14.3 Å². The number of nitriles is 1. The van der Waals surface area contributed by atoms with Gasteiger partial charge in [-0.3, -0.25) is 4.79 Å². The Balaban J connectivity index is 2.38. The van der Waals surface area contributed by atoms with Crippen LogP contribution in [-0.2, 0) is 9.53 Å². The molecule has 3 aromatic carbocycles. The summed E-state index contributed by atoms with van der Waals surface area (Å²) in [6.07, 6.45) is 0.315. The molecule has 0 amide bonds. The van der Waals surface area contributed by atoms with E-state index in [1.807, 2.05) is 85.7 Å². The minimum atomic E-state index is -1.43. The van der Waals surface area contributed by atoms with Crippen LogP contribution in [0.25, 0.3) is 10.8 Å². The zero-order chi connectivity index (χ0) is 22.4. The Morgan fingerprint density at radius 3 is 2.32 bits per heavy atom. The quantitative estimate of drug-likeness (QED) is 0.502. The maximum atomic E-state index is 13.3. The number of methoxy groups -OCH3 is 2. The Labute approximate surface area is 183 Å². The van der Waals surface area contributed by atoms with E-state index in [1.165, 1.54) is 7.11 Å². The van der Waals surface area contributed by atoms with E-state index >= 15 is 0 Å². The van der Waals surface area contributed by atoms with Gasteiger partial charge in [-0.1, -0.05) is 60.7 Å². The number of hydrogen-bond donors (Lipinski definition) is 0. The van der Waals surface area contributed by atoms with Gasteiger partial charge in [0.05, 0.1) is 20.3 Å². The fourth-order valence-electron chi connectivity index (χ4n) is 4.22. The number of rotatable bonds is 8. The average molecular weight is 417 g/mol. The molecule has 5 nitrogen and oxygen atoms in total. The highest BCUT2D eigenvalue weighted by molar-refractivity contribution is 5.90. The standard InChI is InChI=1S/C26H28N2O3/c1-28(2)17-16-26(18-27,25(29)31-4)24(22-13-7-8-15-23(22)30-3)21-14-9-11-19-10-5-6-12-20(19)21/h5-15,24H,16-17H2,1-4H3/t24-,26+/m0/s1. The molecule has 0 aromatic heterocycles. The fraction of sp³-hybridized carbons (Fsp3) is 0.308. The molecule has 3 aromatic rings.